The molecule has 22 heavy (non-hydrogen) atoms. The number of rotatable bonds is 3. The molecule has 1 aromatic carbocycles. The Kier molecular flexibility index (Phi) is 4.42. The van der Waals surface area contributed by atoms with Crippen molar-refractivity contribution in [2.45, 2.75) is 44.2 Å². The molecule has 0 unspecified atom stereocenters. The van der Waals surface area contributed by atoms with Gasteiger partial charge in [0.15, 0.2) is 0 Å². The minimum absolute atomic E-state index is 0.0900. The zero-order valence-corrected chi connectivity index (χ0v) is 13.3. The molecule has 8 heteroatoms. The van der Waals surface area contributed by atoms with Crippen molar-refractivity contribution in [2.75, 3.05) is 5.73 Å². The molecule has 2 aromatic rings. The van der Waals surface area contributed by atoms with Gasteiger partial charge in [0, 0.05) is 4.90 Å². The molecular weight excluding hydrogens is 313 g/mol. The predicted octanol–water partition coefficient (Wildman–Crippen LogP) is 3.84. The van der Waals surface area contributed by atoms with E-state index in [0.29, 0.717) is 10.6 Å². The molecule has 0 spiro atoms. The Morgan fingerprint density at radius 3 is 2.41 bits per heavy atom. The van der Waals surface area contributed by atoms with Gasteiger partial charge in [-0.15, -0.1) is 17.7 Å². The first-order valence-corrected chi connectivity index (χ1v) is 7.25. The summed E-state index contributed by atoms with van der Waals surface area (Å²) in [5.74, 6) is -1.46. The number of halogens is 3. The maximum atomic E-state index is 12.7. The van der Waals surface area contributed by atoms with Gasteiger partial charge < -0.3 is 5.73 Å². The van der Waals surface area contributed by atoms with Crippen LogP contribution in [0.4, 0.5) is 19.1 Å². The van der Waals surface area contributed by atoms with E-state index in [0.717, 1.165) is 22.2 Å². The molecule has 1 heterocycles. The van der Waals surface area contributed by atoms with Crippen molar-refractivity contribution in [1.29, 1.82) is 0 Å². The number of hydrogen-bond donors (Lipinski definition) is 2. The highest BCUT2D eigenvalue weighted by molar-refractivity contribution is 7.80. The molecule has 2 rings (SSSR count). The Bertz CT molecular complexity index is 692. The smallest absolute Gasteiger partial charge is 0.368 e. The first-order chi connectivity index (χ1) is 10.1. The summed E-state index contributed by atoms with van der Waals surface area (Å²) in [5, 5.41) is 3.51. The number of nitrogens with two attached hydrogens (primary N) is 1. The fourth-order valence-corrected chi connectivity index (χ4v) is 2.54. The summed E-state index contributed by atoms with van der Waals surface area (Å²) in [6, 6.07) is 3.61. The largest absolute Gasteiger partial charge is 0.453 e. The first-order valence-electron chi connectivity index (χ1n) is 6.81. The average molecular weight is 330 g/mol. The molecule has 0 bridgehead atoms. The third kappa shape index (κ3) is 3.06. The summed E-state index contributed by atoms with van der Waals surface area (Å²) in [7, 11) is 0. The van der Waals surface area contributed by atoms with E-state index in [1.807, 2.05) is 26.8 Å². The van der Waals surface area contributed by atoms with E-state index in [2.05, 4.69) is 22.7 Å². The van der Waals surface area contributed by atoms with Crippen LogP contribution in [0.5, 0.6) is 0 Å². The molecule has 0 aliphatic rings. The lowest BCUT2D eigenvalue weighted by Crippen LogP contribution is -2.10. The normalized spacial score (nSPS) is 12.2. The highest BCUT2D eigenvalue weighted by Gasteiger charge is 2.37. The topological polar surface area (TPSA) is 56.7 Å². The van der Waals surface area contributed by atoms with Crippen molar-refractivity contribution in [3.8, 4) is 5.69 Å². The maximum absolute atomic E-state index is 12.7. The Hall–Kier alpha value is -1.70. The third-order valence-corrected chi connectivity index (χ3v) is 3.76. The minimum Gasteiger partial charge on any atom is -0.368 e. The minimum atomic E-state index is -4.63. The quantitative estimate of drug-likeness (QED) is 0.841. The van der Waals surface area contributed by atoms with Crippen LogP contribution in [-0.2, 0) is 12.6 Å². The van der Waals surface area contributed by atoms with Crippen LogP contribution in [0.15, 0.2) is 17.0 Å². The van der Waals surface area contributed by atoms with E-state index in [-0.39, 0.29) is 11.9 Å². The molecule has 0 aliphatic heterocycles. The second-order valence-electron chi connectivity index (χ2n) is 5.25. The number of aromatic nitrogens is 3. The van der Waals surface area contributed by atoms with Crippen molar-refractivity contribution in [3.63, 3.8) is 0 Å². The highest BCUT2D eigenvalue weighted by atomic mass is 32.1. The summed E-state index contributed by atoms with van der Waals surface area (Å²) in [4.78, 5) is 4.00. The van der Waals surface area contributed by atoms with Crippen LogP contribution >= 0.6 is 12.6 Å². The summed E-state index contributed by atoms with van der Waals surface area (Å²) >= 11 is 4.39. The van der Waals surface area contributed by atoms with Crippen molar-refractivity contribution < 1.29 is 13.2 Å². The van der Waals surface area contributed by atoms with Crippen molar-refractivity contribution in [3.05, 3.63) is 29.1 Å². The molecule has 0 aliphatic carbocycles. The van der Waals surface area contributed by atoms with Gasteiger partial charge in [-0.25, -0.2) is 0 Å². The first kappa shape index (κ1) is 16.7. The number of anilines is 1. The Balaban J connectivity index is 2.67. The number of nitrogens with zero attached hydrogens (tertiary/aromatic N) is 3. The molecule has 2 N–H and O–H groups in total. The van der Waals surface area contributed by atoms with Crippen LogP contribution in [0.1, 0.15) is 43.6 Å². The van der Waals surface area contributed by atoms with Crippen molar-refractivity contribution in [1.82, 2.24) is 14.8 Å². The monoisotopic (exact) mass is 330 g/mol. The van der Waals surface area contributed by atoms with Gasteiger partial charge in [-0.05, 0) is 29.5 Å². The SMILES string of the molecule is CCc1cc(C(C)C)c(-n2nc(C(F)(F)F)nc2N)cc1S. The molecule has 0 amide bonds. The van der Waals surface area contributed by atoms with Gasteiger partial charge in [0.2, 0.25) is 5.95 Å². The third-order valence-electron chi connectivity index (χ3n) is 3.34. The number of hydrogen-bond acceptors (Lipinski definition) is 4. The number of alkyl halides is 3. The molecule has 4 nitrogen and oxygen atoms in total. The van der Waals surface area contributed by atoms with E-state index in [1.165, 1.54) is 0 Å². The summed E-state index contributed by atoms with van der Waals surface area (Å²) in [6.07, 6.45) is -3.86. The lowest BCUT2D eigenvalue weighted by atomic mass is 9.97. The second-order valence-corrected chi connectivity index (χ2v) is 5.73. The fourth-order valence-electron chi connectivity index (χ4n) is 2.19. The average Bonchev–Trinajstić information content (AvgIpc) is 2.80. The summed E-state index contributed by atoms with van der Waals surface area (Å²) in [5.41, 5.74) is 7.96. The fraction of sp³-hybridized carbons (Fsp3) is 0.429. The summed E-state index contributed by atoms with van der Waals surface area (Å²) in [6.45, 7) is 5.90. The molecule has 0 fully saturated rings. The van der Waals surface area contributed by atoms with Gasteiger partial charge in [-0.1, -0.05) is 26.8 Å². The predicted molar refractivity (Wildman–Crippen MR) is 81.5 cm³/mol. The highest BCUT2D eigenvalue weighted by Crippen LogP contribution is 2.32. The lowest BCUT2D eigenvalue weighted by Gasteiger charge is -2.16. The second kappa shape index (κ2) is 5.83. The Morgan fingerprint density at radius 1 is 1.32 bits per heavy atom. The van der Waals surface area contributed by atoms with Gasteiger partial charge in [-0.3, -0.25) is 0 Å². The van der Waals surface area contributed by atoms with E-state index < -0.39 is 12.0 Å². The molecule has 0 radical (unpaired) electrons. The van der Waals surface area contributed by atoms with Gasteiger partial charge in [0.25, 0.3) is 5.82 Å². The van der Waals surface area contributed by atoms with E-state index >= 15 is 0 Å². The van der Waals surface area contributed by atoms with E-state index in [1.54, 1.807) is 6.07 Å². The molecule has 0 atom stereocenters. The van der Waals surface area contributed by atoms with Crippen LogP contribution in [0, 0.1) is 0 Å². The lowest BCUT2D eigenvalue weighted by molar-refractivity contribution is -0.144. The number of thiol groups is 1. The maximum Gasteiger partial charge on any atom is 0.453 e. The van der Waals surface area contributed by atoms with Crippen molar-refractivity contribution >= 4 is 18.6 Å². The van der Waals surface area contributed by atoms with Crippen LogP contribution in [0.3, 0.4) is 0 Å². The van der Waals surface area contributed by atoms with Crippen LogP contribution < -0.4 is 5.73 Å². The van der Waals surface area contributed by atoms with Crippen molar-refractivity contribution in [2.24, 2.45) is 0 Å². The zero-order valence-electron chi connectivity index (χ0n) is 12.4. The van der Waals surface area contributed by atoms with Crippen LogP contribution in [-0.4, -0.2) is 14.8 Å². The van der Waals surface area contributed by atoms with Gasteiger partial charge in [0.05, 0.1) is 5.69 Å². The summed E-state index contributed by atoms with van der Waals surface area (Å²) < 4.78 is 39.3. The molecule has 1 aromatic heterocycles. The van der Waals surface area contributed by atoms with E-state index in [9.17, 15) is 13.2 Å². The standard InChI is InChI=1S/C14H17F3N4S/c1-4-8-5-9(7(2)3)10(6-11(8)22)21-13(18)19-12(20-21)14(15,16)17/h5-7,22H,4H2,1-3H3,(H2,18,19,20). The van der Waals surface area contributed by atoms with Crippen LogP contribution in [0.2, 0.25) is 0 Å². The van der Waals surface area contributed by atoms with E-state index in [4.69, 9.17) is 5.73 Å². The molecular formula is C14H17F3N4S. The van der Waals surface area contributed by atoms with Gasteiger partial charge in [0.1, 0.15) is 0 Å². The number of benzene rings is 1. The Labute approximate surface area is 131 Å². The Morgan fingerprint density at radius 2 is 1.95 bits per heavy atom. The van der Waals surface area contributed by atoms with Gasteiger partial charge >= 0.3 is 6.18 Å². The number of nitrogen functional groups attached to an aromatic ring is 1. The number of aryl methyl sites for hydroxylation is 1. The zero-order chi connectivity index (χ0) is 16.7. The molecule has 0 saturated carbocycles. The van der Waals surface area contributed by atoms with Crippen LogP contribution in [0.25, 0.3) is 5.69 Å². The van der Waals surface area contributed by atoms with Gasteiger partial charge in [-0.2, -0.15) is 22.8 Å². The molecule has 120 valence electrons. The molecule has 0 saturated heterocycles.